The van der Waals surface area contributed by atoms with Crippen molar-refractivity contribution in [3.63, 3.8) is 0 Å². The smallest absolute Gasteiger partial charge is 0.395 e. The molecule has 1 aromatic heterocycles. The molecule has 1 rings (SSSR count). The van der Waals surface area contributed by atoms with E-state index in [0.717, 1.165) is 0 Å². The fourth-order valence-electron chi connectivity index (χ4n) is 1.70. The lowest BCUT2D eigenvalue weighted by molar-refractivity contribution is -0.388. The molecule has 0 aliphatic rings. The van der Waals surface area contributed by atoms with Gasteiger partial charge >= 0.3 is 5.82 Å². The summed E-state index contributed by atoms with van der Waals surface area (Å²) in [6.45, 7) is 2.77. The molecule has 0 bridgehead atoms. The van der Waals surface area contributed by atoms with E-state index in [1.165, 1.54) is 0 Å². The third kappa shape index (κ3) is 2.96. The molecule has 0 aliphatic carbocycles. The van der Waals surface area contributed by atoms with Crippen molar-refractivity contribution in [3.8, 4) is 0 Å². The summed E-state index contributed by atoms with van der Waals surface area (Å²) in [4.78, 5) is 16.1. The second kappa shape index (κ2) is 6.31. The van der Waals surface area contributed by atoms with Gasteiger partial charge in [-0.1, -0.05) is 0 Å². The van der Waals surface area contributed by atoms with E-state index in [1.54, 1.807) is 30.5 Å². The molecule has 102 valence electrons. The zero-order chi connectivity index (χ0) is 13.7. The van der Waals surface area contributed by atoms with Gasteiger partial charge < -0.3 is 24.9 Å². The number of aliphatic hydroxyl groups excluding tert-OH is 1. The molecule has 0 radical (unpaired) electrons. The number of aryl methyl sites for hydroxylation is 1. The van der Waals surface area contributed by atoms with Crippen LogP contribution in [0.1, 0.15) is 5.82 Å². The van der Waals surface area contributed by atoms with Crippen LogP contribution in [-0.2, 0) is 11.8 Å². The maximum atomic E-state index is 11.0. The Hall–Kier alpha value is -1.67. The summed E-state index contributed by atoms with van der Waals surface area (Å²) in [7, 11) is 3.27. The highest BCUT2D eigenvalue weighted by Gasteiger charge is 2.27. The molecule has 0 saturated carbocycles. The number of aliphatic hydroxyl groups is 1. The van der Waals surface area contributed by atoms with Gasteiger partial charge in [0.15, 0.2) is 0 Å². The Morgan fingerprint density at radius 1 is 1.56 bits per heavy atom. The Morgan fingerprint density at radius 2 is 2.22 bits per heavy atom. The van der Waals surface area contributed by atoms with Gasteiger partial charge in [-0.3, -0.25) is 4.57 Å². The summed E-state index contributed by atoms with van der Waals surface area (Å²) in [6.07, 6.45) is 0. The van der Waals surface area contributed by atoms with Crippen molar-refractivity contribution in [2.75, 3.05) is 38.3 Å². The minimum Gasteiger partial charge on any atom is -0.395 e. The molecule has 0 amide bonds. The van der Waals surface area contributed by atoms with Crippen molar-refractivity contribution in [2.24, 2.45) is 7.05 Å². The number of hydrogen-bond donors (Lipinski definition) is 1. The molecule has 8 heteroatoms. The maximum absolute atomic E-state index is 11.0. The highest BCUT2D eigenvalue weighted by molar-refractivity contribution is 5.55. The fourth-order valence-corrected chi connectivity index (χ4v) is 1.70. The number of nitro groups is 1. The number of hydrogen-bond acceptors (Lipinski definition) is 6. The van der Waals surface area contributed by atoms with E-state index < -0.39 is 4.92 Å². The zero-order valence-electron chi connectivity index (χ0n) is 10.8. The van der Waals surface area contributed by atoms with Crippen molar-refractivity contribution in [2.45, 2.75) is 6.92 Å². The van der Waals surface area contributed by atoms with E-state index in [2.05, 4.69) is 4.98 Å². The lowest BCUT2D eigenvalue weighted by atomic mass is 10.4. The predicted molar refractivity (Wildman–Crippen MR) is 65.8 cm³/mol. The van der Waals surface area contributed by atoms with Gasteiger partial charge in [0.25, 0.3) is 0 Å². The third-order valence-corrected chi connectivity index (χ3v) is 2.68. The predicted octanol–water partition coefficient (Wildman–Crippen LogP) is 0.0818. The van der Waals surface area contributed by atoms with Crippen LogP contribution in [0.25, 0.3) is 0 Å². The molecule has 0 atom stereocenters. The van der Waals surface area contributed by atoms with Crippen LogP contribution >= 0.6 is 0 Å². The van der Waals surface area contributed by atoms with Crippen molar-refractivity contribution >= 4 is 11.6 Å². The number of rotatable bonds is 7. The van der Waals surface area contributed by atoms with E-state index in [4.69, 9.17) is 9.84 Å². The third-order valence-electron chi connectivity index (χ3n) is 2.68. The van der Waals surface area contributed by atoms with E-state index in [0.29, 0.717) is 31.3 Å². The number of aromatic nitrogens is 2. The Bertz CT molecular complexity index is 418. The molecule has 0 aromatic carbocycles. The van der Waals surface area contributed by atoms with Crippen LogP contribution in [0.4, 0.5) is 11.6 Å². The summed E-state index contributed by atoms with van der Waals surface area (Å²) < 4.78 is 6.61. The van der Waals surface area contributed by atoms with Gasteiger partial charge in [0.1, 0.15) is 0 Å². The van der Waals surface area contributed by atoms with E-state index >= 15 is 0 Å². The van der Waals surface area contributed by atoms with Gasteiger partial charge in [0.2, 0.25) is 11.6 Å². The first kappa shape index (κ1) is 14.4. The van der Waals surface area contributed by atoms with Crippen molar-refractivity contribution < 1.29 is 14.8 Å². The van der Waals surface area contributed by atoms with E-state index in [1.807, 2.05) is 0 Å². The molecule has 1 heterocycles. The fraction of sp³-hybridized carbons (Fsp3) is 0.700. The van der Waals surface area contributed by atoms with Gasteiger partial charge in [0, 0.05) is 34.2 Å². The first-order valence-electron chi connectivity index (χ1n) is 5.55. The topological polar surface area (TPSA) is 93.7 Å². The van der Waals surface area contributed by atoms with Crippen LogP contribution in [0.2, 0.25) is 0 Å². The van der Waals surface area contributed by atoms with Gasteiger partial charge in [-0.2, -0.15) is 0 Å². The van der Waals surface area contributed by atoms with Crippen molar-refractivity contribution in [1.82, 2.24) is 9.55 Å². The van der Waals surface area contributed by atoms with Crippen molar-refractivity contribution in [1.29, 1.82) is 0 Å². The lowest BCUT2D eigenvalue weighted by Crippen LogP contribution is -2.32. The summed E-state index contributed by atoms with van der Waals surface area (Å²) >= 11 is 0. The zero-order valence-corrected chi connectivity index (χ0v) is 10.8. The SMILES string of the molecule is COCCN(CCO)c1c([N+](=O)[O-])nc(C)n1C. The number of methoxy groups -OCH3 is 1. The Balaban J connectivity index is 3.12. The van der Waals surface area contributed by atoms with Gasteiger partial charge in [-0.25, -0.2) is 0 Å². The van der Waals surface area contributed by atoms with E-state index in [-0.39, 0.29) is 12.4 Å². The average molecular weight is 258 g/mol. The molecular formula is C10H18N4O4. The van der Waals surface area contributed by atoms with Crippen LogP contribution < -0.4 is 4.90 Å². The quantitative estimate of drug-likeness (QED) is 0.550. The average Bonchev–Trinajstić information content (AvgIpc) is 2.62. The molecule has 1 N–H and O–H groups in total. The van der Waals surface area contributed by atoms with Gasteiger partial charge in [-0.05, 0) is 9.91 Å². The minimum absolute atomic E-state index is 0.0922. The number of nitrogens with zero attached hydrogens (tertiary/aromatic N) is 4. The summed E-state index contributed by atoms with van der Waals surface area (Å²) in [5, 5.41) is 20.0. The highest BCUT2D eigenvalue weighted by atomic mass is 16.6. The Kier molecular flexibility index (Phi) is 5.05. The van der Waals surface area contributed by atoms with Crippen molar-refractivity contribution in [3.05, 3.63) is 15.9 Å². The standard InChI is InChI=1S/C10H18N4O4/c1-8-11-9(14(16)17)10(12(8)2)13(4-6-15)5-7-18-3/h15H,4-7H2,1-3H3. The van der Waals surface area contributed by atoms with Crippen LogP contribution in [-0.4, -0.2) is 53.0 Å². The van der Waals surface area contributed by atoms with Crippen LogP contribution in [0, 0.1) is 17.0 Å². The maximum Gasteiger partial charge on any atom is 0.406 e. The molecule has 0 spiro atoms. The molecule has 0 aliphatic heterocycles. The molecule has 0 fully saturated rings. The highest BCUT2D eigenvalue weighted by Crippen LogP contribution is 2.27. The molecule has 8 nitrogen and oxygen atoms in total. The molecule has 0 saturated heterocycles. The molecular weight excluding hydrogens is 240 g/mol. The molecule has 1 aromatic rings. The van der Waals surface area contributed by atoms with Crippen LogP contribution in [0.15, 0.2) is 0 Å². The summed E-state index contributed by atoms with van der Waals surface area (Å²) in [5.41, 5.74) is 0. The molecule has 0 unspecified atom stereocenters. The van der Waals surface area contributed by atoms with E-state index in [9.17, 15) is 10.1 Å². The first-order chi connectivity index (χ1) is 8.52. The number of anilines is 1. The first-order valence-corrected chi connectivity index (χ1v) is 5.55. The van der Waals surface area contributed by atoms with Crippen LogP contribution in [0.5, 0.6) is 0 Å². The number of ether oxygens (including phenoxy) is 1. The second-order valence-electron chi connectivity index (χ2n) is 3.83. The largest absolute Gasteiger partial charge is 0.406 e. The Labute approximate surface area is 105 Å². The number of imidazole rings is 1. The summed E-state index contributed by atoms with van der Waals surface area (Å²) in [5.74, 6) is 0.750. The minimum atomic E-state index is -0.514. The normalized spacial score (nSPS) is 10.7. The van der Waals surface area contributed by atoms with Crippen LogP contribution in [0.3, 0.4) is 0 Å². The lowest BCUT2D eigenvalue weighted by Gasteiger charge is -2.22. The molecule has 18 heavy (non-hydrogen) atoms. The van der Waals surface area contributed by atoms with Gasteiger partial charge in [0.05, 0.1) is 13.2 Å². The summed E-state index contributed by atoms with van der Waals surface area (Å²) in [6, 6.07) is 0. The van der Waals surface area contributed by atoms with Gasteiger partial charge in [-0.15, -0.1) is 0 Å². The second-order valence-corrected chi connectivity index (χ2v) is 3.83. The Morgan fingerprint density at radius 3 is 2.72 bits per heavy atom. The monoisotopic (exact) mass is 258 g/mol.